The van der Waals surface area contributed by atoms with Crippen LogP contribution in [0.5, 0.6) is 5.75 Å². The number of phenolic OH excluding ortho intramolecular Hbond substituents is 1. The van der Waals surface area contributed by atoms with Crippen LogP contribution in [-0.2, 0) is 0 Å². The van der Waals surface area contributed by atoms with Crippen molar-refractivity contribution in [3.8, 4) is 5.75 Å². The summed E-state index contributed by atoms with van der Waals surface area (Å²) in [6.07, 6.45) is 0. The molecule has 1 rings (SSSR count). The van der Waals surface area contributed by atoms with Crippen LogP contribution in [0.25, 0.3) is 5.70 Å². The summed E-state index contributed by atoms with van der Waals surface area (Å²) in [7, 11) is 0. The Labute approximate surface area is 83.4 Å². The molecule has 0 unspecified atom stereocenters. The molecule has 4 nitrogen and oxygen atoms in total. The maximum atomic E-state index is 9.28. The first-order valence-corrected chi connectivity index (χ1v) is 4.36. The summed E-state index contributed by atoms with van der Waals surface area (Å²) in [5.74, 6) is 5.82. The zero-order chi connectivity index (χ0) is 10.7. The number of hydrazine groups is 1. The number of hydrogen-bond donors (Lipinski definition) is 3. The highest BCUT2D eigenvalue weighted by atomic mass is 16.3. The number of nitrogens with two attached hydrogens (primary N) is 2. The molecule has 0 aliphatic rings. The molecule has 1 aromatic rings. The summed E-state index contributed by atoms with van der Waals surface area (Å²) in [4.78, 5) is 0. The third kappa shape index (κ3) is 1.97. The van der Waals surface area contributed by atoms with E-state index in [9.17, 15) is 5.11 Å². The number of benzene rings is 1. The molecule has 0 radical (unpaired) electrons. The van der Waals surface area contributed by atoms with Crippen LogP contribution < -0.4 is 11.6 Å². The van der Waals surface area contributed by atoms with E-state index in [0.717, 1.165) is 0 Å². The third-order valence-electron chi connectivity index (χ3n) is 2.04. The van der Waals surface area contributed by atoms with Crippen LogP contribution >= 0.6 is 0 Å². The zero-order valence-electron chi connectivity index (χ0n) is 8.20. The van der Waals surface area contributed by atoms with Gasteiger partial charge in [-0.2, -0.15) is 0 Å². The highest BCUT2D eigenvalue weighted by Gasteiger charge is 2.08. The minimum atomic E-state index is 0.153. The zero-order valence-corrected chi connectivity index (χ0v) is 8.20. The van der Waals surface area contributed by atoms with Crippen molar-refractivity contribution in [2.24, 2.45) is 5.84 Å². The Morgan fingerprint density at radius 3 is 2.79 bits per heavy atom. The number of rotatable bonds is 3. The van der Waals surface area contributed by atoms with Crippen molar-refractivity contribution in [1.82, 2.24) is 5.01 Å². The summed E-state index contributed by atoms with van der Waals surface area (Å²) >= 11 is 0. The second kappa shape index (κ2) is 4.02. The van der Waals surface area contributed by atoms with E-state index in [0.29, 0.717) is 23.5 Å². The van der Waals surface area contributed by atoms with Crippen LogP contribution in [-0.4, -0.2) is 16.7 Å². The molecule has 4 heteroatoms. The van der Waals surface area contributed by atoms with Gasteiger partial charge in [-0.25, -0.2) is 5.84 Å². The molecule has 0 bridgehead atoms. The van der Waals surface area contributed by atoms with Crippen LogP contribution in [0, 0.1) is 0 Å². The Morgan fingerprint density at radius 1 is 1.57 bits per heavy atom. The lowest BCUT2D eigenvalue weighted by atomic mass is 10.1. The second-order valence-electron chi connectivity index (χ2n) is 3.00. The normalized spacial score (nSPS) is 9.86. The second-order valence-corrected chi connectivity index (χ2v) is 3.00. The number of anilines is 1. The molecule has 76 valence electrons. The molecule has 0 aliphatic heterocycles. The lowest BCUT2D eigenvalue weighted by molar-refractivity contribution is 0.440. The van der Waals surface area contributed by atoms with Gasteiger partial charge in [-0.05, 0) is 25.1 Å². The molecule has 5 N–H and O–H groups in total. The van der Waals surface area contributed by atoms with Gasteiger partial charge in [0, 0.05) is 17.8 Å². The molecule has 0 heterocycles. The third-order valence-corrected chi connectivity index (χ3v) is 2.04. The molecule has 0 saturated heterocycles. The molecule has 0 atom stereocenters. The molecule has 0 aliphatic carbocycles. The maximum Gasteiger partial charge on any atom is 0.116 e. The van der Waals surface area contributed by atoms with Gasteiger partial charge in [0.25, 0.3) is 0 Å². The molecule has 0 aromatic heterocycles. The molecular formula is C10H15N3O. The summed E-state index contributed by atoms with van der Waals surface area (Å²) < 4.78 is 0. The first kappa shape index (κ1) is 10.4. The number of hydrogen-bond acceptors (Lipinski definition) is 4. The minimum Gasteiger partial charge on any atom is -0.508 e. The summed E-state index contributed by atoms with van der Waals surface area (Å²) in [5.41, 5.74) is 7.54. The molecule has 0 spiro atoms. The highest BCUT2D eigenvalue weighted by molar-refractivity contribution is 5.73. The fourth-order valence-electron chi connectivity index (χ4n) is 1.14. The average molecular weight is 193 g/mol. The van der Waals surface area contributed by atoms with E-state index in [-0.39, 0.29) is 5.75 Å². The largest absolute Gasteiger partial charge is 0.508 e. The van der Waals surface area contributed by atoms with E-state index in [1.54, 1.807) is 12.1 Å². The topological polar surface area (TPSA) is 75.5 Å². The van der Waals surface area contributed by atoms with Crippen molar-refractivity contribution in [2.45, 2.75) is 6.92 Å². The van der Waals surface area contributed by atoms with E-state index >= 15 is 0 Å². The van der Waals surface area contributed by atoms with Crippen molar-refractivity contribution < 1.29 is 5.11 Å². The SMILES string of the molecule is C=C(c1cc(O)ccc1N)N(N)CC. The van der Waals surface area contributed by atoms with Gasteiger partial charge in [0.1, 0.15) is 5.75 Å². The number of phenols is 1. The molecular weight excluding hydrogens is 178 g/mol. The van der Waals surface area contributed by atoms with E-state index in [1.807, 2.05) is 6.92 Å². The Balaban J connectivity index is 3.06. The van der Waals surface area contributed by atoms with Crippen LogP contribution in [0.1, 0.15) is 12.5 Å². The van der Waals surface area contributed by atoms with Crippen LogP contribution in [0.4, 0.5) is 5.69 Å². The fourth-order valence-corrected chi connectivity index (χ4v) is 1.14. The quantitative estimate of drug-likeness (QED) is 0.291. The van der Waals surface area contributed by atoms with Crippen LogP contribution in [0.3, 0.4) is 0 Å². The van der Waals surface area contributed by atoms with Gasteiger partial charge in [-0.15, -0.1) is 0 Å². The Bertz CT molecular complexity index is 349. The molecule has 0 amide bonds. The Kier molecular flexibility index (Phi) is 2.99. The van der Waals surface area contributed by atoms with E-state index in [1.165, 1.54) is 11.1 Å². The minimum absolute atomic E-state index is 0.153. The lowest BCUT2D eigenvalue weighted by Gasteiger charge is -2.20. The lowest BCUT2D eigenvalue weighted by Crippen LogP contribution is -2.28. The predicted octanol–water partition coefficient (Wildman–Crippen LogP) is 1.14. The smallest absolute Gasteiger partial charge is 0.116 e. The molecule has 14 heavy (non-hydrogen) atoms. The van der Waals surface area contributed by atoms with Gasteiger partial charge in [-0.1, -0.05) is 6.58 Å². The molecule has 1 aromatic carbocycles. The van der Waals surface area contributed by atoms with Gasteiger partial charge in [0.05, 0.1) is 5.70 Å². The fraction of sp³-hybridized carbons (Fsp3) is 0.200. The van der Waals surface area contributed by atoms with Gasteiger partial charge in [-0.3, -0.25) is 0 Å². The standard InChI is InChI=1S/C10H15N3O/c1-3-13(12)7(2)9-6-8(14)4-5-10(9)11/h4-6,14H,2-3,11-12H2,1H3. The van der Waals surface area contributed by atoms with Crippen molar-refractivity contribution in [3.05, 3.63) is 30.3 Å². The summed E-state index contributed by atoms with van der Waals surface area (Å²) in [6.45, 7) is 6.35. The number of aromatic hydroxyl groups is 1. The monoisotopic (exact) mass is 193 g/mol. The van der Waals surface area contributed by atoms with E-state index in [2.05, 4.69) is 6.58 Å². The van der Waals surface area contributed by atoms with Crippen molar-refractivity contribution >= 4 is 11.4 Å². The van der Waals surface area contributed by atoms with Crippen molar-refractivity contribution in [1.29, 1.82) is 0 Å². The van der Waals surface area contributed by atoms with Crippen LogP contribution in [0.15, 0.2) is 24.8 Å². The number of nitrogens with zero attached hydrogens (tertiary/aromatic N) is 1. The van der Waals surface area contributed by atoms with Gasteiger partial charge < -0.3 is 15.8 Å². The van der Waals surface area contributed by atoms with Crippen LogP contribution in [0.2, 0.25) is 0 Å². The Morgan fingerprint density at radius 2 is 2.21 bits per heavy atom. The van der Waals surface area contributed by atoms with E-state index < -0.39 is 0 Å². The molecule has 0 fully saturated rings. The van der Waals surface area contributed by atoms with E-state index in [4.69, 9.17) is 11.6 Å². The Hall–Kier alpha value is -1.68. The van der Waals surface area contributed by atoms with Gasteiger partial charge in [0.15, 0.2) is 0 Å². The summed E-state index contributed by atoms with van der Waals surface area (Å²) in [5, 5.41) is 10.8. The molecule has 0 saturated carbocycles. The van der Waals surface area contributed by atoms with Crippen molar-refractivity contribution in [3.63, 3.8) is 0 Å². The highest BCUT2D eigenvalue weighted by Crippen LogP contribution is 2.25. The summed E-state index contributed by atoms with van der Waals surface area (Å²) in [6, 6.07) is 4.70. The van der Waals surface area contributed by atoms with Gasteiger partial charge >= 0.3 is 0 Å². The first-order chi connectivity index (χ1) is 6.56. The van der Waals surface area contributed by atoms with Gasteiger partial charge in [0.2, 0.25) is 0 Å². The van der Waals surface area contributed by atoms with Crippen molar-refractivity contribution in [2.75, 3.05) is 12.3 Å². The maximum absolute atomic E-state index is 9.28. The first-order valence-electron chi connectivity index (χ1n) is 4.36. The predicted molar refractivity (Wildman–Crippen MR) is 58.1 cm³/mol. The average Bonchev–Trinajstić information content (AvgIpc) is 2.19. The number of nitrogen functional groups attached to an aromatic ring is 1.